The van der Waals surface area contributed by atoms with Crippen molar-refractivity contribution >= 4 is 11.3 Å². The van der Waals surface area contributed by atoms with E-state index in [1.54, 1.807) is 0 Å². The van der Waals surface area contributed by atoms with E-state index in [9.17, 15) is 13.2 Å². The highest BCUT2D eigenvalue weighted by atomic mass is 32.1. The molecule has 1 fully saturated rings. The number of thiazole rings is 1. The number of rotatable bonds is 1. The van der Waals surface area contributed by atoms with Gasteiger partial charge in [-0.1, -0.05) is 19.3 Å². The van der Waals surface area contributed by atoms with Gasteiger partial charge in [-0.05, 0) is 12.8 Å². The summed E-state index contributed by atoms with van der Waals surface area (Å²) in [5, 5.41) is 1.80. The van der Waals surface area contributed by atoms with Crippen LogP contribution in [0.3, 0.4) is 0 Å². The molecule has 1 saturated carbocycles. The van der Waals surface area contributed by atoms with Gasteiger partial charge in [-0.15, -0.1) is 11.3 Å². The fourth-order valence-corrected chi connectivity index (χ4v) is 2.95. The zero-order valence-electron chi connectivity index (χ0n) is 8.18. The van der Waals surface area contributed by atoms with Crippen LogP contribution in [0.25, 0.3) is 0 Å². The molecule has 0 spiro atoms. The van der Waals surface area contributed by atoms with Crippen LogP contribution in [0.5, 0.6) is 0 Å². The molecule has 5 heteroatoms. The molecule has 0 radical (unpaired) electrons. The molecule has 1 aromatic rings. The van der Waals surface area contributed by atoms with Crippen molar-refractivity contribution in [3.8, 4) is 0 Å². The van der Waals surface area contributed by atoms with E-state index >= 15 is 0 Å². The maximum Gasteiger partial charge on any atom is 0.434 e. The molecule has 0 saturated heterocycles. The molecule has 15 heavy (non-hydrogen) atoms. The highest BCUT2D eigenvalue weighted by molar-refractivity contribution is 7.09. The molecule has 0 atom stereocenters. The first kappa shape index (κ1) is 10.9. The van der Waals surface area contributed by atoms with Gasteiger partial charge in [0.25, 0.3) is 0 Å². The van der Waals surface area contributed by atoms with Crippen LogP contribution in [-0.2, 0) is 6.18 Å². The van der Waals surface area contributed by atoms with E-state index in [1.165, 1.54) is 6.42 Å². The van der Waals surface area contributed by atoms with Crippen molar-refractivity contribution < 1.29 is 13.2 Å². The van der Waals surface area contributed by atoms with Gasteiger partial charge in [0, 0.05) is 11.3 Å². The van der Waals surface area contributed by atoms with Gasteiger partial charge in [0.2, 0.25) is 0 Å². The Morgan fingerprint density at radius 3 is 2.40 bits per heavy atom. The third kappa shape index (κ3) is 2.51. The van der Waals surface area contributed by atoms with Gasteiger partial charge in [-0.25, -0.2) is 4.98 Å². The van der Waals surface area contributed by atoms with Crippen molar-refractivity contribution in [3.63, 3.8) is 0 Å². The van der Waals surface area contributed by atoms with Crippen molar-refractivity contribution in [2.75, 3.05) is 0 Å². The molecule has 0 bridgehead atoms. The lowest BCUT2D eigenvalue weighted by molar-refractivity contribution is -0.140. The molecular weight excluding hydrogens is 223 g/mol. The number of hydrogen-bond acceptors (Lipinski definition) is 2. The Balaban J connectivity index is 2.12. The van der Waals surface area contributed by atoms with E-state index < -0.39 is 11.9 Å². The highest BCUT2D eigenvalue weighted by Crippen LogP contribution is 2.37. The largest absolute Gasteiger partial charge is 0.434 e. The summed E-state index contributed by atoms with van der Waals surface area (Å²) in [6.45, 7) is 0. The molecule has 1 nitrogen and oxygen atoms in total. The molecule has 0 aliphatic heterocycles. The average Bonchev–Trinajstić information content (AvgIpc) is 2.67. The number of alkyl halides is 3. The van der Waals surface area contributed by atoms with Gasteiger partial charge in [0.15, 0.2) is 5.69 Å². The quantitative estimate of drug-likeness (QED) is 0.710. The molecule has 0 N–H and O–H groups in total. The molecule has 1 aliphatic carbocycles. The topological polar surface area (TPSA) is 12.9 Å². The average molecular weight is 235 g/mol. The lowest BCUT2D eigenvalue weighted by atomic mass is 9.90. The lowest BCUT2D eigenvalue weighted by Gasteiger charge is -2.18. The van der Waals surface area contributed by atoms with Crippen LogP contribution in [0, 0.1) is 0 Å². The summed E-state index contributed by atoms with van der Waals surface area (Å²) in [4.78, 5) is 3.70. The minimum absolute atomic E-state index is 0.264. The van der Waals surface area contributed by atoms with Crippen molar-refractivity contribution in [3.05, 3.63) is 16.1 Å². The van der Waals surface area contributed by atoms with E-state index in [0.717, 1.165) is 42.4 Å². The van der Waals surface area contributed by atoms with Crippen molar-refractivity contribution in [1.29, 1.82) is 0 Å². The SMILES string of the molecule is FC(F)(F)c1csc(C2CCCCC2)n1. The number of hydrogen-bond donors (Lipinski definition) is 0. The smallest absolute Gasteiger partial charge is 0.236 e. The number of nitrogens with zero attached hydrogens (tertiary/aromatic N) is 1. The molecule has 84 valence electrons. The van der Waals surface area contributed by atoms with Gasteiger partial charge in [-0.3, -0.25) is 0 Å². The number of aromatic nitrogens is 1. The van der Waals surface area contributed by atoms with E-state index in [2.05, 4.69) is 4.98 Å². The van der Waals surface area contributed by atoms with Crippen molar-refractivity contribution in [2.45, 2.75) is 44.2 Å². The summed E-state index contributed by atoms with van der Waals surface area (Å²) in [7, 11) is 0. The van der Waals surface area contributed by atoms with Crippen LogP contribution >= 0.6 is 11.3 Å². The first-order valence-electron chi connectivity index (χ1n) is 5.10. The fraction of sp³-hybridized carbons (Fsp3) is 0.700. The maximum atomic E-state index is 12.3. The molecule has 1 aliphatic rings. The Morgan fingerprint density at radius 1 is 1.20 bits per heavy atom. The fourth-order valence-electron chi connectivity index (χ4n) is 1.95. The second kappa shape index (κ2) is 4.12. The molecule has 1 heterocycles. The van der Waals surface area contributed by atoms with Crippen molar-refractivity contribution in [2.24, 2.45) is 0 Å². The van der Waals surface area contributed by atoms with E-state index in [4.69, 9.17) is 0 Å². The van der Waals surface area contributed by atoms with Gasteiger partial charge >= 0.3 is 6.18 Å². The van der Waals surface area contributed by atoms with Crippen LogP contribution in [0.1, 0.15) is 48.7 Å². The monoisotopic (exact) mass is 235 g/mol. The summed E-state index contributed by atoms with van der Waals surface area (Å²) in [6, 6.07) is 0. The molecule has 1 aromatic heterocycles. The Bertz CT molecular complexity index is 326. The van der Waals surface area contributed by atoms with E-state index in [1.807, 2.05) is 0 Å². The third-order valence-electron chi connectivity index (χ3n) is 2.77. The molecule has 0 amide bonds. The van der Waals surface area contributed by atoms with Crippen LogP contribution in [0.4, 0.5) is 13.2 Å². The van der Waals surface area contributed by atoms with Crippen molar-refractivity contribution in [1.82, 2.24) is 4.98 Å². The molecule has 0 unspecified atom stereocenters. The Morgan fingerprint density at radius 2 is 1.87 bits per heavy atom. The van der Waals surface area contributed by atoms with Gasteiger partial charge < -0.3 is 0 Å². The van der Waals surface area contributed by atoms with Crippen LogP contribution in [0.15, 0.2) is 5.38 Å². The Kier molecular flexibility index (Phi) is 3.00. The summed E-state index contributed by atoms with van der Waals surface area (Å²) >= 11 is 1.15. The summed E-state index contributed by atoms with van der Waals surface area (Å²) < 4.78 is 36.9. The first-order valence-corrected chi connectivity index (χ1v) is 5.98. The summed E-state index contributed by atoms with van der Waals surface area (Å²) in [5.74, 6) is 0.264. The van der Waals surface area contributed by atoms with E-state index in [-0.39, 0.29) is 5.92 Å². The normalized spacial score (nSPS) is 19.4. The predicted octanol–water partition coefficient (Wildman–Crippen LogP) is 4.21. The standard InChI is InChI=1S/C10H12F3NS/c11-10(12,13)8-6-15-9(14-8)7-4-2-1-3-5-7/h6-7H,1-5H2. The summed E-state index contributed by atoms with van der Waals surface area (Å²) in [6.07, 6.45) is 1.13. The zero-order chi connectivity index (χ0) is 10.9. The zero-order valence-corrected chi connectivity index (χ0v) is 9.00. The van der Waals surface area contributed by atoms with Crippen LogP contribution < -0.4 is 0 Å². The van der Waals surface area contributed by atoms with Gasteiger partial charge in [-0.2, -0.15) is 13.2 Å². The second-order valence-corrected chi connectivity index (χ2v) is 4.79. The third-order valence-corrected chi connectivity index (χ3v) is 3.77. The van der Waals surface area contributed by atoms with Gasteiger partial charge in [0.1, 0.15) is 0 Å². The highest BCUT2D eigenvalue weighted by Gasteiger charge is 2.34. The minimum Gasteiger partial charge on any atom is -0.236 e. The van der Waals surface area contributed by atoms with Crippen LogP contribution in [0.2, 0.25) is 0 Å². The Hall–Kier alpha value is -0.580. The molecule has 2 rings (SSSR count). The predicted molar refractivity (Wildman–Crippen MR) is 52.9 cm³/mol. The molecular formula is C10H12F3NS. The van der Waals surface area contributed by atoms with Crippen LogP contribution in [-0.4, -0.2) is 4.98 Å². The second-order valence-electron chi connectivity index (χ2n) is 3.90. The lowest BCUT2D eigenvalue weighted by Crippen LogP contribution is -2.08. The Labute approximate surface area is 90.3 Å². The molecule has 0 aromatic carbocycles. The first-order chi connectivity index (χ1) is 7.07. The number of halogens is 3. The summed E-state index contributed by atoms with van der Waals surface area (Å²) in [5.41, 5.74) is -0.729. The van der Waals surface area contributed by atoms with Gasteiger partial charge in [0.05, 0.1) is 5.01 Å². The van der Waals surface area contributed by atoms with E-state index in [0.29, 0.717) is 5.01 Å². The maximum absolute atomic E-state index is 12.3. The minimum atomic E-state index is -4.29.